The van der Waals surface area contributed by atoms with Gasteiger partial charge in [-0.1, -0.05) is 30.3 Å². The number of amides is 1. The molecule has 0 bridgehead atoms. The molecule has 0 unspecified atom stereocenters. The van der Waals surface area contributed by atoms with Crippen molar-refractivity contribution in [3.8, 4) is 5.75 Å². The van der Waals surface area contributed by atoms with Crippen LogP contribution in [0.4, 0.5) is 0 Å². The van der Waals surface area contributed by atoms with E-state index in [-0.39, 0.29) is 30.3 Å². The number of carboxylic acid groups (broad SMARTS) is 1. The molecule has 7 nitrogen and oxygen atoms in total. The van der Waals surface area contributed by atoms with Crippen LogP contribution in [-0.2, 0) is 4.79 Å². The Kier molecular flexibility index (Phi) is 7.89. The number of nitrogens with zero attached hydrogens (tertiary/aromatic N) is 3. The predicted octanol–water partition coefficient (Wildman–Crippen LogP) is 3.22. The zero-order chi connectivity index (χ0) is 24.1. The Morgan fingerprint density at radius 3 is 2.42 bits per heavy atom. The molecule has 0 saturated carbocycles. The van der Waals surface area contributed by atoms with Crippen molar-refractivity contribution in [3.63, 3.8) is 0 Å². The standard InChI is InChI=1S/C26H33N3O4/c1-5-12-28-15-19(3)29(16-18(28)2)25(21-9-7-11-23(30)14-21)20-8-6-10-22(13-20)26(33)27(4)17-24(31)32/h5-11,13-14,18-19,25,30H,1,12,15-17H2,2-4H3,(H,31,32)/t18-,19+,25-/m1/s1. The van der Waals surface area contributed by atoms with E-state index in [9.17, 15) is 14.7 Å². The first-order valence-electron chi connectivity index (χ1n) is 11.2. The van der Waals surface area contributed by atoms with Gasteiger partial charge in [0.2, 0.25) is 0 Å². The summed E-state index contributed by atoms with van der Waals surface area (Å²) < 4.78 is 0. The second-order valence-electron chi connectivity index (χ2n) is 8.82. The van der Waals surface area contributed by atoms with Crippen LogP contribution < -0.4 is 0 Å². The number of rotatable bonds is 8. The number of carboxylic acids is 1. The molecule has 1 aliphatic heterocycles. The van der Waals surface area contributed by atoms with Crippen molar-refractivity contribution < 1.29 is 19.8 Å². The molecule has 3 rings (SSSR count). The number of aromatic hydroxyl groups is 1. The van der Waals surface area contributed by atoms with Gasteiger partial charge in [-0.05, 0) is 49.2 Å². The minimum Gasteiger partial charge on any atom is -0.508 e. The van der Waals surface area contributed by atoms with E-state index in [0.29, 0.717) is 11.6 Å². The molecule has 1 aliphatic rings. The lowest BCUT2D eigenvalue weighted by Gasteiger charge is -2.47. The van der Waals surface area contributed by atoms with Crippen LogP contribution in [0.25, 0.3) is 0 Å². The highest BCUT2D eigenvalue weighted by Gasteiger charge is 2.34. The van der Waals surface area contributed by atoms with E-state index in [1.807, 2.05) is 36.4 Å². The number of hydrogen-bond donors (Lipinski definition) is 2. The van der Waals surface area contributed by atoms with Gasteiger partial charge in [0.15, 0.2) is 0 Å². The van der Waals surface area contributed by atoms with Crippen LogP contribution in [0.3, 0.4) is 0 Å². The van der Waals surface area contributed by atoms with Gasteiger partial charge in [-0.2, -0.15) is 0 Å². The average Bonchev–Trinajstić information content (AvgIpc) is 2.76. The van der Waals surface area contributed by atoms with Crippen LogP contribution in [0.5, 0.6) is 5.75 Å². The molecule has 176 valence electrons. The molecule has 0 aromatic heterocycles. The Balaban J connectivity index is 2.00. The summed E-state index contributed by atoms with van der Waals surface area (Å²) in [6.45, 7) is 10.4. The molecule has 2 aromatic rings. The summed E-state index contributed by atoms with van der Waals surface area (Å²) in [4.78, 5) is 29.9. The third-order valence-corrected chi connectivity index (χ3v) is 6.21. The summed E-state index contributed by atoms with van der Waals surface area (Å²) in [6, 6.07) is 15.0. The normalized spacial score (nSPS) is 20.2. The lowest BCUT2D eigenvalue weighted by molar-refractivity contribution is -0.137. The van der Waals surface area contributed by atoms with Crippen LogP contribution in [0.1, 0.15) is 41.4 Å². The molecule has 7 heteroatoms. The first kappa shape index (κ1) is 24.5. The number of aliphatic carboxylic acids is 1. The van der Waals surface area contributed by atoms with Gasteiger partial charge in [0.25, 0.3) is 5.91 Å². The number of carbonyl (C=O) groups is 2. The smallest absolute Gasteiger partial charge is 0.323 e. The molecular weight excluding hydrogens is 418 g/mol. The van der Waals surface area contributed by atoms with Crippen molar-refractivity contribution in [3.05, 3.63) is 77.9 Å². The number of hydrogen-bond acceptors (Lipinski definition) is 5. The fourth-order valence-electron chi connectivity index (χ4n) is 4.61. The second kappa shape index (κ2) is 10.6. The van der Waals surface area contributed by atoms with Gasteiger partial charge in [-0.3, -0.25) is 19.4 Å². The van der Waals surface area contributed by atoms with Crippen LogP contribution >= 0.6 is 0 Å². The Morgan fingerprint density at radius 1 is 1.12 bits per heavy atom. The Morgan fingerprint density at radius 2 is 1.79 bits per heavy atom. The maximum atomic E-state index is 12.8. The fraction of sp³-hybridized carbons (Fsp3) is 0.385. The zero-order valence-corrected chi connectivity index (χ0v) is 19.5. The Hall–Kier alpha value is -3.16. The first-order chi connectivity index (χ1) is 15.7. The SMILES string of the molecule is C=CCN1C[C@H](C)N([C@@H](c2cccc(O)c2)c2cccc(C(=O)N(C)CC(=O)O)c2)C[C@H]1C. The van der Waals surface area contributed by atoms with E-state index in [1.54, 1.807) is 18.2 Å². The van der Waals surface area contributed by atoms with Crippen LogP contribution in [0.2, 0.25) is 0 Å². The second-order valence-corrected chi connectivity index (χ2v) is 8.82. The topological polar surface area (TPSA) is 84.3 Å². The van der Waals surface area contributed by atoms with Gasteiger partial charge in [-0.15, -0.1) is 6.58 Å². The summed E-state index contributed by atoms with van der Waals surface area (Å²) in [5.74, 6) is -1.21. The zero-order valence-electron chi connectivity index (χ0n) is 19.5. The molecule has 0 spiro atoms. The summed E-state index contributed by atoms with van der Waals surface area (Å²) in [5.41, 5.74) is 2.30. The summed E-state index contributed by atoms with van der Waals surface area (Å²) >= 11 is 0. The van der Waals surface area contributed by atoms with Gasteiger partial charge >= 0.3 is 5.97 Å². The third-order valence-electron chi connectivity index (χ3n) is 6.21. The molecule has 2 N–H and O–H groups in total. The molecule has 1 amide bonds. The molecule has 3 atom stereocenters. The Labute approximate surface area is 195 Å². The number of benzene rings is 2. The van der Waals surface area contributed by atoms with Crippen molar-refractivity contribution in [1.82, 2.24) is 14.7 Å². The highest BCUT2D eigenvalue weighted by Crippen LogP contribution is 2.35. The van der Waals surface area contributed by atoms with E-state index >= 15 is 0 Å². The minimum atomic E-state index is -1.06. The van der Waals surface area contributed by atoms with Crippen molar-refractivity contribution in [2.24, 2.45) is 0 Å². The number of phenolic OH excluding ortho intramolecular Hbond substituents is 1. The van der Waals surface area contributed by atoms with Gasteiger partial charge in [0, 0.05) is 44.3 Å². The molecule has 1 heterocycles. The van der Waals surface area contributed by atoms with Gasteiger partial charge < -0.3 is 15.1 Å². The van der Waals surface area contributed by atoms with E-state index in [1.165, 1.54) is 11.9 Å². The molecule has 2 aromatic carbocycles. The number of phenols is 1. The maximum Gasteiger partial charge on any atom is 0.323 e. The van der Waals surface area contributed by atoms with Gasteiger partial charge in [0.1, 0.15) is 12.3 Å². The van der Waals surface area contributed by atoms with Gasteiger partial charge in [0.05, 0.1) is 6.04 Å². The van der Waals surface area contributed by atoms with Crippen molar-refractivity contribution in [2.45, 2.75) is 32.0 Å². The minimum absolute atomic E-state index is 0.169. The van der Waals surface area contributed by atoms with Crippen molar-refractivity contribution in [2.75, 3.05) is 33.2 Å². The van der Waals surface area contributed by atoms with E-state index in [0.717, 1.165) is 30.8 Å². The number of likely N-dealkylation sites (N-methyl/N-ethyl adjacent to an activating group) is 1. The van der Waals surface area contributed by atoms with Crippen LogP contribution in [-0.4, -0.2) is 82.1 Å². The molecule has 1 fully saturated rings. The van der Waals surface area contributed by atoms with E-state index < -0.39 is 5.97 Å². The monoisotopic (exact) mass is 451 g/mol. The van der Waals surface area contributed by atoms with Gasteiger partial charge in [-0.25, -0.2) is 0 Å². The molecule has 0 aliphatic carbocycles. The maximum absolute atomic E-state index is 12.8. The predicted molar refractivity (Wildman–Crippen MR) is 128 cm³/mol. The van der Waals surface area contributed by atoms with E-state index in [4.69, 9.17) is 5.11 Å². The number of piperazine rings is 1. The molecular formula is C26H33N3O4. The largest absolute Gasteiger partial charge is 0.508 e. The summed E-state index contributed by atoms with van der Waals surface area (Å²) in [5, 5.41) is 19.2. The summed E-state index contributed by atoms with van der Waals surface area (Å²) in [6.07, 6.45) is 1.92. The van der Waals surface area contributed by atoms with Crippen molar-refractivity contribution >= 4 is 11.9 Å². The summed E-state index contributed by atoms with van der Waals surface area (Å²) in [7, 11) is 1.48. The van der Waals surface area contributed by atoms with Crippen LogP contribution in [0, 0.1) is 0 Å². The third kappa shape index (κ3) is 5.80. The number of carbonyl (C=O) groups excluding carboxylic acids is 1. The van der Waals surface area contributed by atoms with Crippen LogP contribution in [0.15, 0.2) is 61.2 Å². The lowest BCUT2D eigenvalue weighted by atomic mass is 9.92. The quantitative estimate of drug-likeness (QED) is 0.600. The first-order valence-corrected chi connectivity index (χ1v) is 11.2. The highest BCUT2D eigenvalue weighted by atomic mass is 16.4. The fourth-order valence-corrected chi connectivity index (χ4v) is 4.61. The molecule has 33 heavy (non-hydrogen) atoms. The lowest BCUT2D eigenvalue weighted by Crippen LogP contribution is -2.57. The average molecular weight is 452 g/mol. The molecule has 0 radical (unpaired) electrons. The van der Waals surface area contributed by atoms with E-state index in [2.05, 4.69) is 30.2 Å². The molecule has 1 saturated heterocycles. The Bertz CT molecular complexity index is 1010. The van der Waals surface area contributed by atoms with Crippen molar-refractivity contribution in [1.29, 1.82) is 0 Å². The highest BCUT2D eigenvalue weighted by molar-refractivity contribution is 5.95.